The summed E-state index contributed by atoms with van der Waals surface area (Å²) in [5.41, 5.74) is 0.0602. The second-order valence-electron chi connectivity index (χ2n) is 4.65. The van der Waals surface area contributed by atoms with Gasteiger partial charge in [0.05, 0.1) is 12.2 Å². The van der Waals surface area contributed by atoms with Crippen LogP contribution in [0.15, 0.2) is 17.3 Å². The van der Waals surface area contributed by atoms with Crippen LogP contribution in [0.25, 0.3) is 0 Å². The number of hydrogen-bond donors (Lipinski definition) is 1. The van der Waals surface area contributed by atoms with Gasteiger partial charge in [-0.2, -0.15) is 5.10 Å². The second kappa shape index (κ2) is 4.87. The number of nitrogens with zero attached hydrogens (tertiary/aromatic N) is 5. The van der Waals surface area contributed by atoms with E-state index in [0.717, 1.165) is 25.1 Å². The lowest BCUT2D eigenvalue weighted by atomic mass is 10.2. The van der Waals surface area contributed by atoms with Crippen LogP contribution in [0.5, 0.6) is 0 Å². The fourth-order valence-electron chi connectivity index (χ4n) is 2.35. The van der Waals surface area contributed by atoms with E-state index in [9.17, 15) is 9.59 Å². The van der Waals surface area contributed by atoms with Crippen molar-refractivity contribution in [1.82, 2.24) is 24.3 Å². The zero-order valence-corrected chi connectivity index (χ0v) is 10.7. The molecule has 2 aromatic rings. The number of aromatic nitrogens is 5. The summed E-state index contributed by atoms with van der Waals surface area (Å²) in [4.78, 5) is 30.9. The van der Waals surface area contributed by atoms with Crippen LogP contribution in [0.3, 0.4) is 0 Å². The van der Waals surface area contributed by atoms with Gasteiger partial charge >= 0.3 is 11.7 Å². The molecule has 0 bridgehead atoms. The van der Waals surface area contributed by atoms with Crippen molar-refractivity contribution in [2.75, 3.05) is 0 Å². The van der Waals surface area contributed by atoms with Gasteiger partial charge in [0.2, 0.25) is 0 Å². The largest absolute Gasteiger partial charge is 0.478 e. The van der Waals surface area contributed by atoms with E-state index in [1.54, 1.807) is 4.57 Å². The van der Waals surface area contributed by atoms with E-state index in [0.29, 0.717) is 6.54 Å². The third-order valence-corrected chi connectivity index (χ3v) is 3.36. The van der Waals surface area contributed by atoms with Crippen LogP contribution in [0.4, 0.5) is 0 Å². The normalized spacial score (nSPS) is 14.0. The summed E-state index contributed by atoms with van der Waals surface area (Å²) in [6.45, 7) is 0.715. The maximum absolute atomic E-state index is 12.2. The molecule has 1 aliphatic heterocycles. The Labute approximate surface area is 113 Å². The molecule has 0 saturated heterocycles. The smallest absolute Gasteiger partial charge is 0.346 e. The zero-order valence-electron chi connectivity index (χ0n) is 10.7. The van der Waals surface area contributed by atoms with Gasteiger partial charge in [-0.05, 0) is 12.8 Å². The first-order chi connectivity index (χ1) is 9.66. The SMILES string of the molecule is O=C(O)c1cncnc1Cn1nc2n(c1=O)CCCC2. The van der Waals surface area contributed by atoms with Crippen LogP contribution in [0, 0.1) is 0 Å². The average Bonchev–Trinajstić information content (AvgIpc) is 2.76. The quantitative estimate of drug-likeness (QED) is 0.840. The van der Waals surface area contributed by atoms with Gasteiger partial charge in [0.15, 0.2) is 0 Å². The highest BCUT2D eigenvalue weighted by molar-refractivity contribution is 5.88. The fourth-order valence-corrected chi connectivity index (χ4v) is 2.35. The molecule has 0 amide bonds. The molecule has 3 heterocycles. The number of carbonyl (C=O) groups is 1. The van der Waals surface area contributed by atoms with E-state index >= 15 is 0 Å². The van der Waals surface area contributed by atoms with E-state index < -0.39 is 5.97 Å². The molecule has 0 saturated carbocycles. The molecule has 104 valence electrons. The minimum atomic E-state index is -1.11. The Morgan fingerprint density at radius 3 is 3.00 bits per heavy atom. The van der Waals surface area contributed by atoms with Crippen LogP contribution >= 0.6 is 0 Å². The summed E-state index contributed by atoms with van der Waals surface area (Å²) in [6, 6.07) is 0. The minimum absolute atomic E-state index is 0.00891. The van der Waals surface area contributed by atoms with Crippen LogP contribution in [0.2, 0.25) is 0 Å². The van der Waals surface area contributed by atoms with Crippen molar-refractivity contribution in [1.29, 1.82) is 0 Å². The Balaban J connectivity index is 1.98. The number of hydrogen-bond acceptors (Lipinski definition) is 5. The Morgan fingerprint density at radius 1 is 1.40 bits per heavy atom. The summed E-state index contributed by atoms with van der Waals surface area (Å²) in [6.07, 6.45) is 5.25. The number of carboxylic acid groups (broad SMARTS) is 1. The van der Waals surface area contributed by atoms with Gasteiger partial charge in [0.1, 0.15) is 17.7 Å². The fraction of sp³-hybridized carbons (Fsp3) is 0.417. The van der Waals surface area contributed by atoms with Crippen LogP contribution in [0.1, 0.15) is 34.7 Å². The van der Waals surface area contributed by atoms with Crippen molar-refractivity contribution >= 4 is 5.97 Å². The highest BCUT2D eigenvalue weighted by atomic mass is 16.4. The van der Waals surface area contributed by atoms with Crippen LogP contribution in [-0.4, -0.2) is 35.4 Å². The molecule has 8 nitrogen and oxygen atoms in total. The highest BCUT2D eigenvalue weighted by Gasteiger charge is 2.19. The Morgan fingerprint density at radius 2 is 2.25 bits per heavy atom. The molecular formula is C12H13N5O3. The molecule has 8 heteroatoms. The molecular weight excluding hydrogens is 262 g/mol. The third kappa shape index (κ3) is 2.09. The van der Waals surface area contributed by atoms with Gasteiger partial charge < -0.3 is 5.11 Å². The lowest BCUT2D eigenvalue weighted by Crippen LogP contribution is -2.28. The molecule has 3 rings (SSSR count). The first-order valence-electron chi connectivity index (χ1n) is 6.35. The van der Waals surface area contributed by atoms with Gasteiger partial charge in [-0.1, -0.05) is 0 Å². The summed E-state index contributed by atoms with van der Waals surface area (Å²) < 4.78 is 2.92. The molecule has 0 unspecified atom stereocenters. The molecule has 0 aromatic carbocycles. The van der Waals surface area contributed by atoms with Gasteiger partial charge in [-0.3, -0.25) is 4.57 Å². The number of rotatable bonds is 3. The van der Waals surface area contributed by atoms with Crippen molar-refractivity contribution in [3.8, 4) is 0 Å². The maximum atomic E-state index is 12.2. The van der Waals surface area contributed by atoms with Crippen molar-refractivity contribution < 1.29 is 9.90 Å². The monoisotopic (exact) mass is 275 g/mol. The molecule has 0 atom stereocenters. The van der Waals surface area contributed by atoms with Crippen molar-refractivity contribution in [2.45, 2.75) is 32.4 Å². The Kier molecular flexibility index (Phi) is 3.05. The van der Waals surface area contributed by atoms with Gasteiger partial charge in [0, 0.05) is 19.2 Å². The van der Waals surface area contributed by atoms with Gasteiger partial charge in [-0.15, -0.1) is 0 Å². The van der Waals surface area contributed by atoms with Crippen LogP contribution < -0.4 is 5.69 Å². The molecule has 0 aliphatic carbocycles. The summed E-state index contributed by atoms with van der Waals surface area (Å²) in [7, 11) is 0. The predicted octanol–water partition coefficient (Wildman–Crippen LogP) is -0.0824. The van der Waals surface area contributed by atoms with Crippen molar-refractivity contribution in [3.05, 3.63) is 40.1 Å². The van der Waals surface area contributed by atoms with E-state index in [4.69, 9.17) is 5.11 Å². The molecule has 0 radical (unpaired) electrons. The van der Waals surface area contributed by atoms with Crippen molar-refractivity contribution in [2.24, 2.45) is 0 Å². The van der Waals surface area contributed by atoms with E-state index in [-0.39, 0.29) is 23.5 Å². The summed E-state index contributed by atoms with van der Waals surface area (Å²) >= 11 is 0. The number of fused-ring (bicyclic) bond motifs is 1. The lowest BCUT2D eigenvalue weighted by molar-refractivity contribution is 0.0694. The van der Waals surface area contributed by atoms with E-state index in [1.807, 2.05) is 0 Å². The summed E-state index contributed by atoms with van der Waals surface area (Å²) in [5.74, 6) is -0.357. The van der Waals surface area contributed by atoms with Gasteiger partial charge in [0.25, 0.3) is 0 Å². The molecule has 0 spiro atoms. The Bertz CT molecular complexity index is 718. The van der Waals surface area contributed by atoms with Crippen LogP contribution in [-0.2, 0) is 19.5 Å². The van der Waals surface area contributed by atoms with Gasteiger partial charge in [-0.25, -0.2) is 24.2 Å². The first-order valence-corrected chi connectivity index (χ1v) is 6.35. The number of aromatic carboxylic acids is 1. The van der Waals surface area contributed by atoms with Crippen molar-refractivity contribution in [3.63, 3.8) is 0 Å². The first kappa shape index (κ1) is 12.5. The topological polar surface area (TPSA) is 103 Å². The minimum Gasteiger partial charge on any atom is -0.478 e. The third-order valence-electron chi connectivity index (χ3n) is 3.36. The molecule has 2 aromatic heterocycles. The maximum Gasteiger partial charge on any atom is 0.346 e. The zero-order chi connectivity index (χ0) is 14.1. The van der Waals surface area contributed by atoms with E-state index in [2.05, 4.69) is 15.1 Å². The molecule has 20 heavy (non-hydrogen) atoms. The number of aryl methyl sites for hydroxylation is 1. The highest BCUT2D eigenvalue weighted by Crippen LogP contribution is 2.10. The molecule has 1 aliphatic rings. The summed E-state index contributed by atoms with van der Waals surface area (Å²) in [5, 5.41) is 13.3. The molecule has 1 N–H and O–H groups in total. The molecule has 0 fully saturated rings. The second-order valence-corrected chi connectivity index (χ2v) is 4.65. The average molecular weight is 275 g/mol. The standard InChI is InChI=1S/C12H13N5O3/c18-11(19)8-5-13-7-14-9(8)6-17-12(20)16-4-2-1-3-10(16)15-17/h5,7H,1-4,6H2,(H,18,19). The Hall–Kier alpha value is -2.51. The predicted molar refractivity (Wildman–Crippen MR) is 67.5 cm³/mol. The van der Waals surface area contributed by atoms with E-state index in [1.165, 1.54) is 17.2 Å². The lowest BCUT2D eigenvalue weighted by Gasteiger charge is -2.09. The number of carboxylic acids is 1.